The average molecular weight is 182 g/mol. The van der Waals surface area contributed by atoms with Gasteiger partial charge in [0.05, 0.1) is 12.7 Å². The molecule has 2 heteroatoms. The van der Waals surface area contributed by atoms with Crippen LogP contribution in [0.2, 0.25) is 0 Å². The van der Waals surface area contributed by atoms with Crippen molar-refractivity contribution in [3.63, 3.8) is 0 Å². The van der Waals surface area contributed by atoms with Crippen molar-refractivity contribution < 1.29 is 9.13 Å². The fraction of sp³-hybridized carbons (Fsp3) is 0.455. The fourth-order valence-corrected chi connectivity index (χ4v) is 1.06. The second kappa shape index (κ2) is 4.97. The smallest absolute Gasteiger partial charge is 0.123 e. The van der Waals surface area contributed by atoms with Crippen molar-refractivity contribution in [1.29, 1.82) is 0 Å². The third kappa shape index (κ3) is 4.04. The summed E-state index contributed by atoms with van der Waals surface area (Å²) in [6.07, 6.45) is 1.11. The van der Waals surface area contributed by atoms with Gasteiger partial charge in [-0.25, -0.2) is 4.39 Å². The molecule has 0 radical (unpaired) electrons. The van der Waals surface area contributed by atoms with E-state index in [1.165, 1.54) is 12.1 Å². The first-order valence-electron chi connectivity index (χ1n) is 4.54. The number of rotatable bonds is 4. The van der Waals surface area contributed by atoms with Crippen LogP contribution < -0.4 is 0 Å². The third-order valence-corrected chi connectivity index (χ3v) is 1.76. The van der Waals surface area contributed by atoms with E-state index in [-0.39, 0.29) is 11.9 Å². The van der Waals surface area contributed by atoms with Gasteiger partial charge in [-0.2, -0.15) is 0 Å². The number of benzene rings is 1. The first-order chi connectivity index (χ1) is 6.18. The number of halogens is 1. The molecule has 1 nitrogen and oxygen atoms in total. The first-order valence-corrected chi connectivity index (χ1v) is 4.54. The van der Waals surface area contributed by atoms with Gasteiger partial charge in [-0.05, 0) is 38.0 Å². The minimum Gasteiger partial charge on any atom is -0.378 e. The summed E-state index contributed by atoms with van der Waals surface area (Å²) in [4.78, 5) is 0. The molecule has 0 N–H and O–H groups in total. The lowest BCUT2D eigenvalue weighted by molar-refractivity contribution is 0.0813. The Morgan fingerprint density at radius 2 is 1.85 bits per heavy atom. The van der Waals surface area contributed by atoms with Crippen LogP contribution in [0.5, 0.6) is 0 Å². The van der Waals surface area contributed by atoms with Crippen LogP contribution in [0.3, 0.4) is 0 Å². The number of hydrogen-bond donors (Lipinski definition) is 0. The maximum Gasteiger partial charge on any atom is 0.123 e. The predicted molar refractivity (Wildman–Crippen MR) is 51.2 cm³/mol. The molecule has 0 saturated carbocycles. The zero-order chi connectivity index (χ0) is 9.68. The van der Waals surface area contributed by atoms with Crippen LogP contribution in [-0.2, 0) is 11.2 Å². The van der Waals surface area contributed by atoms with Crippen molar-refractivity contribution in [2.75, 3.05) is 6.61 Å². The Bertz CT molecular complexity index is 241. The molecule has 0 bridgehead atoms. The van der Waals surface area contributed by atoms with Crippen molar-refractivity contribution in [3.8, 4) is 0 Å². The molecule has 0 saturated heterocycles. The number of hydrogen-bond acceptors (Lipinski definition) is 1. The van der Waals surface area contributed by atoms with Gasteiger partial charge in [0.1, 0.15) is 5.82 Å². The molecule has 0 aliphatic heterocycles. The lowest BCUT2D eigenvalue weighted by Gasteiger charge is -2.06. The quantitative estimate of drug-likeness (QED) is 0.695. The molecule has 0 fully saturated rings. The largest absolute Gasteiger partial charge is 0.378 e. The molecule has 0 spiro atoms. The van der Waals surface area contributed by atoms with Gasteiger partial charge in [-0.1, -0.05) is 12.1 Å². The normalized spacial score (nSPS) is 10.8. The summed E-state index contributed by atoms with van der Waals surface area (Å²) in [6, 6.07) is 6.54. The minimum atomic E-state index is -0.187. The van der Waals surface area contributed by atoms with Crippen LogP contribution in [0, 0.1) is 5.82 Å². The molecule has 0 aliphatic carbocycles. The molecule has 0 atom stereocenters. The molecular formula is C11H15FO. The molecule has 13 heavy (non-hydrogen) atoms. The second-order valence-corrected chi connectivity index (χ2v) is 3.30. The van der Waals surface area contributed by atoms with Crippen LogP contribution in [-0.4, -0.2) is 12.7 Å². The van der Waals surface area contributed by atoms with Crippen molar-refractivity contribution in [3.05, 3.63) is 35.6 Å². The number of ether oxygens (including phenoxy) is 1. The van der Waals surface area contributed by atoms with E-state index < -0.39 is 0 Å². The monoisotopic (exact) mass is 182 g/mol. The Balaban J connectivity index is 2.33. The fourth-order valence-electron chi connectivity index (χ4n) is 1.06. The highest BCUT2D eigenvalue weighted by atomic mass is 19.1. The standard InChI is InChI=1S/C11H15FO/c1-9(2)13-8-7-10-3-5-11(12)6-4-10/h3-6,9H,7-8H2,1-2H3. The molecule has 1 aromatic rings. The Hall–Kier alpha value is -0.890. The first kappa shape index (κ1) is 10.2. The maximum absolute atomic E-state index is 12.5. The van der Waals surface area contributed by atoms with E-state index >= 15 is 0 Å². The zero-order valence-corrected chi connectivity index (χ0v) is 8.09. The van der Waals surface area contributed by atoms with E-state index in [0.29, 0.717) is 6.61 Å². The van der Waals surface area contributed by atoms with Gasteiger partial charge in [-0.3, -0.25) is 0 Å². The van der Waals surface area contributed by atoms with Crippen molar-refractivity contribution in [2.45, 2.75) is 26.4 Å². The van der Waals surface area contributed by atoms with Gasteiger partial charge in [0, 0.05) is 0 Å². The summed E-state index contributed by atoms with van der Waals surface area (Å²) in [5.41, 5.74) is 1.11. The predicted octanol–water partition coefficient (Wildman–Crippen LogP) is 2.79. The van der Waals surface area contributed by atoms with E-state index in [9.17, 15) is 4.39 Å². The minimum absolute atomic E-state index is 0.187. The van der Waals surface area contributed by atoms with Gasteiger partial charge >= 0.3 is 0 Å². The van der Waals surface area contributed by atoms with Gasteiger partial charge in [0.25, 0.3) is 0 Å². The van der Waals surface area contributed by atoms with Crippen molar-refractivity contribution >= 4 is 0 Å². The van der Waals surface area contributed by atoms with Gasteiger partial charge in [0.2, 0.25) is 0 Å². The van der Waals surface area contributed by atoms with Crippen LogP contribution >= 0.6 is 0 Å². The molecule has 0 aliphatic rings. The molecule has 1 aromatic carbocycles. The second-order valence-electron chi connectivity index (χ2n) is 3.30. The van der Waals surface area contributed by atoms with Crippen LogP contribution in [0.15, 0.2) is 24.3 Å². The Morgan fingerprint density at radius 3 is 2.38 bits per heavy atom. The lowest BCUT2D eigenvalue weighted by atomic mass is 10.2. The summed E-state index contributed by atoms with van der Waals surface area (Å²) in [5.74, 6) is -0.187. The van der Waals surface area contributed by atoms with Crippen molar-refractivity contribution in [2.24, 2.45) is 0 Å². The van der Waals surface area contributed by atoms with E-state index in [0.717, 1.165) is 12.0 Å². The molecular weight excluding hydrogens is 167 g/mol. The van der Waals surface area contributed by atoms with Gasteiger partial charge in [-0.15, -0.1) is 0 Å². The highest BCUT2D eigenvalue weighted by Gasteiger charge is 1.96. The van der Waals surface area contributed by atoms with E-state index in [4.69, 9.17) is 4.74 Å². The van der Waals surface area contributed by atoms with Crippen LogP contribution in [0.4, 0.5) is 4.39 Å². The van der Waals surface area contributed by atoms with Gasteiger partial charge < -0.3 is 4.74 Å². The van der Waals surface area contributed by atoms with Crippen LogP contribution in [0.25, 0.3) is 0 Å². The summed E-state index contributed by atoms with van der Waals surface area (Å²) >= 11 is 0. The highest BCUT2D eigenvalue weighted by molar-refractivity contribution is 5.15. The Kier molecular flexibility index (Phi) is 3.90. The zero-order valence-electron chi connectivity index (χ0n) is 8.09. The van der Waals surface area contributed by atoms with Crippen LogP contribution in [0.1, 0.15) is 19.4 Å². The lowest BCUT2D eigenvalue weighted by Crippen LogP contribution is -2.05. The highest BCUT2D eigenvalue weighted by Crippen LogP contribution is 2.04. The SMILES string of the molecule is CC(C)OCCc1ccc(F)cc1. The van der Waals surface area contributed by atoms with Crippen molar-refractivity contribution in [1.82, 2.24) is 0 Å². The van der Waals surface area contributed by atoms with E-state index in [1.54, 1.807) is 12.1 Å². The Labute approximate surface area is 78.5 Å². The topological polar surface area (TPSA) is 9.23 Å². The molecule has 0 unspecified atom stereocenters. The summed E-state index contributed by atoms with van der Waals surface area (Å²) in [7, 11) is 0. The Morgan fingerprint density at radius 1 is 1.23 bits per heavy atom. The maximum atomic E-state index is 12.5. The summed E-state index contributed by atoms with van der Waals surface area (Å²) < 4.78 is 17.9. The van der Waals surface area contributed by atoms with E-state index in [2.05, 4.69) is 0 Å². The summed E-state index contributed by atoms with van der Waals surface area (Å²) in [5, 5.41) is 0. The molecule has 1 rings (SSSR count). The summed E-state index contributed by atoms with van der Waals surface area (Å²) in [6.45, 7) is 4.71. The third-order valence-electron chi connectivity index (χ3n) is 1.76. The van der Waals surface area contributed by atoms with Gasteiger partial charge in [0.15, 0.2) is 0 Å². The van der Waals surface area contributed by atoms with E-state index in [1.807, 2.05) is 13.8 Å². The molecule has 0 aromatic heterocycles. The molecule has 0 heterocycles. The molecule has 72 valence electrons. The average Bonchev–Trinajstić information content (AvgIpc) is 2.08. The molecule has 0 amide bonds.